The van der Waals surface area contributed by atoms with Crippen molar-refractivity contribution < 1.29 is 14.8 Å². The van der Waals surface area contributed by atoms with Crippen molar-refractivity contribution in [2.45, 2.75) is 0 Å². The zero-order valence-corrected chi connectivity index (χ0v) is 16.8. The number of para-hydroxylation sites is 1. The number of amides is 1. The van der Waals surface area contributed by atoms with Gasteiger partial charge in [0, 0.05) is 33.9 Å². The molecule has 8 nitrogen and oxygen atoms in total. The Morgan fingerprint density at radius 3 is 2.67 bits per heavy atom. The van der Waals surface area contributed by atoms with Crippen LogP contribution in [0.25, 0.3) is 0 Å². The van der Waals surface area contributed by atoms with Crippen molar-refractivity contribution in [3.05, 3.63) is 86.4 Å². The van der Waals surface area contributed by atoms with Crippen LogP contribution in [0.1, 0.15) is 11.1 Å². The topological polar surface area (TPSA) is 117 Å². The van der Waals surface area contributed by atoms with E-state index in [2.05, 4.69) is 31.2 Å². The van der Waals surface area contributed by atoms with E-state index in [1.54, 1.807) is 36.4 Å². The van der Waals surface area contributed by atoms with Crippen LogP contribution < -0.4 is 5.32 Å². The van der Waals surface area contributed by atoms with Crippen molar-refractivity contribution in [1.82, 2.24) is 0 Å². The van der Waals surface area contributed by atoms with Crippen molar-refractivity contribution in [3.8, 4) is 5.75 Å². The third-order valence-electron chi connectivity index (χ3n) is 4.38. The zero-order valence-electron chi connectivity index (χ0n) is 15.2. The van der Waals surface area contributed by atoms with E-state index < -0.39 is 10.8 Å². The van der Waals surface area contributed by atoms with E-state index in [1.807, 2.05) is 0 Å². The number of halogens is 1. The molecule has 4 rings (SSSR count). The number of rotatable bonds is 4. The fourth-order valence-electron chi connectivity index (χ4n) is 2.93. The van der Waals surface area contributed by atoms with Crippen molar-refractivity contribution in [1.29, 1.82) is 0 Å². The lowest BCUT2D eigenvalue weighted by Crippen LogP contribution is -2.13. The predicted molar refractivity (Wildman–Crippen MR) is 117 cm³/mol. The molecule has 9 heteroatoms. The van der Waals surface area contributed by atoms with Crippen LogP contribution in [0.3, 0.4) is 0 Å². The molecule has 1 amide bonds. The lowest BCUT2D eigenvalue weighted by Gasteiger charge is -2.04. The summed E-state index contributed by atoms with van der Waals surface area (Å²) in [6.45, 7) is 0. The summed E-state index contributed by atoms with van der Waals surface area (Å²) in [6.07, 6.45) is 1.42. The van der Waals surface area contributed by atoms with Crippen molar-refractivity contribution in [2.75, 3.05) is 5.32 Å². The highest BCUT2D eigenvalue weighted by molar-refractivity contribution is 9.10. The van der Waals surface area contributed by atoms with Gasteiger partial charge in [-0.3, -0.25) is 19.9 Å². The molecule has 1 heterocycles. The maximum Gasteiger partial charge on any atom is 0.275 e. The van der Waals surface area contributed by atoms with Crippen LogP contribution in [0.2, 0.25) is 0 Å². The van der Waals surface area contributed by atoms with E-state index in [0.717, 1.165) is 4.47 Å². The summed E-state index contributed by atoms with van der Waals surface area (Å²) in [5, 5.41) is 23.9. The number of carbonyl (C=O) groups is 1. The number of nitrogens with one attached hydrogen (secondary N) is 1. The summed E-state index contributed by atoms with van der Waals surface area (Å²) < 4.78 is 0.755. The fourth-order valence-corrected chi connectivity index (χ4v) is 3.30. The SMILES string of the molecule is O=C1Nc2ccccc2C1=Nc1cc([N+](=O)[O-])ccc1N=Cc1cc(Br)ccc1O. The molecule has 0 saturated carbocycles. The lowest BCUT2D eigenvalue weighted by molar-refractivity contribution is -0.384. The summed E-state index contributed by atoms with van der Waals surface area (Å²) in [5.74, 6) is -0.372. The minimum atomic E-state index is -0.542. The molecule has 1 aliphatic rings. The molecular formula is C21H13BrN4O4. The molecular weight excluding hydrogens is 452 g/mol. The van der Waals surface area contributed by atoms with E-state index in [9.17, 15) is 20.0 Å². The molecule has 2 N–H and O–H groups in total. The summed E-state index contributed by atoms with van der Waals surface area (Å²) in [4.78, 5) is 31.8. The van der Waals surface area contributed by atoms with Crippen LogP contribution in [-0.2, 0) is 4.79 Å². The Morgan fingerprint density at radius 1 is 1.07 bits per heavy atom. The van der Waals surface area contributed by atoms with Crippen LogP contribution in [0.5, 0.6) is 5.75 Å². The number of hydrogen-bond acceptors (Lipinski definition) is 6. The van der Waals surface area contributed by atoms with Crippen molar-refractivity contribution in [2.24, 2.45) is 9.98 Å². The average Bonchev–Trinajstić information content (AvgIpc) is 3.04. The van der Waals surface area contributed by atoms with Crippen LogP contribution in [0.15, 0.2) is 75.1 Å². The van der Waals surface area contributed by atoms with Gasteiger partial charge in [-0.25, -0.2) is 4.99 Å². The van der Waals surface area contributed by atoms with Gasteiger partial charge < -0.3 is 10.4 Å². The Hall–Kier alpha value is -3.85. The van der Waals surface area contributed by atoms with Gasteiger partial charge in [-0.15, -0.1) is 0 Å². The van der Waals surface area contributed by atoms with E-state index in [1.165, 1.54) is 30.5 Å². The standard InChI is InChI=1S/C21H13BrN4O4/c22-13-5-8-19(27)12(9-13)11-23-17-7-6-14(26(29)30)10-18(17)24-20-15-3-1-2-4-16(15)25-21(20)28/h1-11,27H,(H,24,25,28). The molecule has 0 aromatic heterocycles. The summed E-state index contributed by atoms with van der Waals surface area (Å²) in [5.41, 5.74) is 2.12. The molecule has 0 saturated heterocycles. The van der Waals surface area contributed by atoms with Crippen LogP contribution >= 0.6 is 15.9 Å². The largest absolute Gasteiger partial charge is 0.507 e. The second kappa shape index (κ2) is 7.88. The van der Waals surface area contributed by atoms with Gasteiger partial charge in [-0.2, -0.15) is 0 Å². The number of benzene rings is 3. The Labute approximate surface area is 178 Å². The Morgan fingerprint density at radius 2 is 1.87 bits per heavy atom. The second-order valence-electron chi connectivity index (χ2n) is 6.35. The van der Waals surface area contributed by atoms with Gasteiger partial charge in [0.05, 0.1) is 22.0 Å². The maximum atomic E-state index is 12.4. The highest BCUT2D eigenvalue weighted by atomic mass is 79.9. The number of nitro groups is 1. The number of aromatic hydroxyl groups is 1. The monoisotopic (exact) mass is 464 g/mol. The van der Waals surface area contributed by atoms with Crippen LogP contribution in [0, 0.1) is 10.1 Å². The Balaban J connectivity index is 1.81. The molecule has 0 atom stereocenters. The van der Waals surface area contributed by atoms with Gasteiger partial charge >= 0.3 is 0 Å². The minimum Gasteiger partial charge on any atom is -0.507 e. The van der Waals surface area contributed by atoms with Crippen molar-refractivity contribution in [3.63, 3.8) is 0 Å². The van der Waals surface area contributed by atoms with Crippen molar-refractivity contribution >= 4 is 56.5 Å². The molecule has 3 aromatic rings. The summed E-state index contributed by atoms with van der Waals surface area (Å²) >= 11 is 3.33. The molecule has 3 aromatic carbocycles. The van der Waals surface area contributed by atoms with Crippen LogP contribution in [-0.4, -0.2) is 27.9 Å². The molecule has 30 heavy (non-hydrogen) atoms. The van der Waals surface area contributed by atoms with Gasteiger partial charge in [0.25, 0.3) is 11.6 Å². The summed E-state index contributed by atoms with van der Waals surface area (Å²) in [6, 6.07) is 15.9. The quantitative estimate of drug-likeness (QED) is 0.324. The molecule has 0 aliphatic carbocycles. The van der Waals surface area contributed by atoms with Gasteiger partial charge in [-0.05, 0) is 30.3 Å². The first-order valence-electron chi connectivity index (χ1n) is 8.73. The highest BCUT2D eigenvalue weighted by Crippen LogP contribution is 2.34. The second-order valence-corrected chi connectivity index (χ2v) is 7.27. The van der Waals surface area contributed by atoms with Gasteiger partial charge in [0.2, 0.25) is 0 Å². The van der Waals surface area contributed by atoms with E-state index >= 15 is 0 Å². The third-order valence-corrected chi connectivity index (χ3v) is 4.87. The molecule has 0 fully saturated rings. The van der Waals surface area contributed by atoms with Gasteiger partial charge in [0.15, 0.2) is 0 Å². The Kier molecular flexibility index (Phi) is 5.11. The van der Waals surface area contributed by atoms with Crippen LogP contribution in [0.4, 0.5) is 22.7 Å². The number of nitro benzene ring substituents is 1. The molecule has 0 radical (unpaired) electrons. The number of phenolic OH excluding ortho intramolecular Hbond substituents is 1. The Bertz CT molecular complexity index is 1250. The number of fused-ring (bicyclic) bond motifs is 1. The number of aliphatic imine (C=N–C) groups is 2. The number of nitrogens with zero attached hydrogens (tertiary/aromatic N) is 3. The molecule has 1 aliphatic heterocycles. The predicted octanol–water partition coefficient (Wildman–Crippen LogP) is 4.89. The smallest absolute Gasteiger partial charge is 0.275 e. The maximum absolute atomic E-state index is 12.4. The lowest BCUT2D eigenvalue weighted by atomic mass is 10.1. The normalized spacial score (nSPS) is 14.2. The molecule has 0 spiro atoms. The fraction of sp³-hybridized carbons (Fsp3) is 0. The number of carbonyl (C=O) groups excluding carboxylic acids is 1. The number of hydrogen-bond donors (Lipinski definition) is 2. The third kappa shape index (κ3) is 3.83. The minimum absolute atomic E-state index is 0.0285. The first-order valence-corrected chi connectivity index (χ1v) is 9.52. The molecule has 0 bridgehead atoms. The number of non-ortho nitro benzene ring substituents is 1. The van der Waals surface area contributed by atoms with E-state index in [0.29, 0.717) is 22.5 Å². The molecule has 0 unspecified atom stereocenters. The zero-order chi connectivity index (χ0) is 21.3. The first-order chi connectivity index (χ1) is 14.4. The first kappa shape index (κ1) is 19.5. The highest BCUT2D eigenvalue weighted by Gasteiger charge is 2.26. The van der Waals surface area contributed by atoms with E-state index in [4.69, 9.17) is 0 Å². The molecule has 148 valence electrons. The summed E-state index contributed by atoms with van der Waals surface area (Å²) in [7, 11) is 0. The average molecular weight is 465 g/mol. The van der Waals surface area contributed by atoms with Gasteiger partial charge in [0.1, 0.15) is 11.5 Å². The van der Waals surface area contributed by atoms with E-state index in [-0.39, 0.29) is 22.8 Å². The van der Waals surface area contributed by atoms with Gasteiger partial charge in [-0.1, -0.05) is 34.1 Å². The number of anilines is 1. The number of phenols is 1.